The molecule has 0 aromatic heterocycles. The van der Waals surface area contributed by atoms with E-state index in [9.17, 15) is 35.4 Å². The summed E-state index contributed by atoms with van der Waals surface area (Å²) in [7, 11) is 0. The van der Waals surface area contributed by atoms with Gasteiger partial charge in [-0.25, -0.2) is 0 Å². The number of carbonyl (C=O) groups is 1. The number of amides is 1. The second-order valence-electron chi connectivity index (χ2n) is 15.6. The van der Waals surface area contributed by atoms with E-state index in [-0.39, 0.29) is 6.61 Å². The van der Waals surface area contributed by atoms with E-state index in [1.165, 1.54) is 103 Å². The first kappa shape index (κ1) is 51.4. The minimum Gasteiger partial charge on any atom is -0.394 e. The molecule has 0 saturated carbocycles. The van der Waals surface area contributed by atoms with Crippen LogP contribution in [0.5, 0.6) is 0 Å². The standard InChI is InChI=1S/C45H83NO9/c1-3-5-7-9-11-13-15-17-19-20-22-23-25-27-29-31-33-38(48)37(36-54-45-43(52)42(51)41(50)40(35-47)55-45)46-44(53)39(49)34-32-30-28-26-24-21-18-16-14-12-10-8-6-4-2/h17,19,23,25,31,33,37-43,45,47-52H,3-16,18,20-22,24,26-30,32,34-36H2,1-2H3,(H,46,53)/b19-17+,25-23+,33-31+. The lowest BCUT2D eigenvalue weighted by molar-refractivity contribution is -0.302. The van der Waals surface area contributed by atoms with Crippen LogP contribution in [0.4, 0.5) is 0 Å². The van der Waals surface area contributed by atoms with Gasteiger partial charge < -0.3 is 45.4 Å². The van der Waals surface area contributed by atoms with Gasteiger partial charge in [-0.15, -0.1) is 0 Å². The summed E-state index contributed by atoms with van der Waals surface area (Å²) in [5.74, 6) is -0.631. The Balaban J connectivity index is 2.49. The number of carbonyl (C=O) groups excluding carboxylic acids is 1. The van der Waals surface area contributed by atoms with E-state index in [2.05, 4.69) is 43.5 Å². The van der Waals surface area contributed by atoms with Gasteiger partial charge in [0.1, 0.15) is 30.5 Å². The van der Waals surface area contributed by atoms with Crippen molar-refractivity contribution in [3.63, 3.8) is 0 Å². The molecule has 1 saturated heterocycles. The topological polar surface area (TPSA) is 169 Å². The van der Waals surface area contributed by atoms with Crippen LogP contribution in [0.2, 0.25) is 0 Å². The largest absolute Gasteiger partial charge is 0.394 e. The predicted octanol–water partition coefficient (Wildman–Crippen LogP) is 7.86. The van der Waals surface area contributed by atoms with Crippen LogP contribution in [0.25, 0.3) is 0 Å². The Morgan fingerprint density at radius 3 is 1.58 bits per heavy atom. The molecule has 10 nitrogen and oxygen atoms in total. The SMILES string of the molecule is CCCCCCCC/C=C/CC/C=C/CC/C=C/C(O)C(COC1OC(CO)C(O)C(O)C1O)NC(=O)C(O)CCCCCCCCCCCCCCCC. The summed E-state index contributed by atoms with van der Waals surface area (Å²) in [6.45, 7) is 3.56. The molecular weight excluding hydrogens is 698 g/mol. The highest BCUT2D eigenvalue weighted by molar-refractivity contribution is 5.80. The monoisotopic (exact) mass is 782 g/mol. The van der Waals surface area contributed by atoms with Crippen LogP contribution >= 0.6 is 0 Å². The van der Waals surface area contributed by atoms with E-state index in [0.29, 0.717) is 19.3 Å². The van der Waals surface area contributed by atoms with Crippen molar-refractivity contribution < 1.29 is 44.9 Å². The molecule has 0 aromatic carbocycles. The van der Waals surface area contributed by atoms with Gasteiger partial charge in [0.05, 0.1) is 25.4 Å². The second-order valence-corrected chi connectivity index (χ2v) is 15.6. The Morgan fingerprint density at radius 2 is 1.07 bits per heavy atom. The lowest BCUT2D eigenvalue weighted by atomic mass is 9.99. The van der Waals surface area contributed by atoms with Crippen molar-refractivity contribution in [1.29, 1.82) is 0 Å². The van der Waals surface area contributed by atoms with Gasteiger partial charge in [0.15, 0.2) is 6.29 Å². The average molecular weight is 782 g/mol. The minimum atomic E-state index is -1.62. The third-order valence-corrected chi connectivity index (χ3v) is 10.6. The summed E-state index contributed by atoms with van der Waals surface area (Å²) in [4.78, 5) is 13.0. The number of aliphatic hydroxyl groups excluding tert-OH is 6. The molecule has 10 heteroatoms. The number of hydrogen-bond donors (Lipinski definition) is 7. The van der Waals surface area contributed by atoms with Crippen LogP contribution in [0, 0.1) is 0 Å². The second kappa shape index (κ2) is 35.5. The molecule has 0 radical (unpaired) electrons. The molecule has 322 valence electrons. The van der Waals surface area contributed by atoms with Crippen LogP contribution in [-0.4, -0.2) is 98.7 Å². The number of allylic oxidation sites excluding steroid dienone is 5. The molecule has 1 amide bonds. The van der Waals surface area contributed by atoms with Crippen molar-refractivity contribution in [2.45, 2.75) is 230 Å². The Morgan fingerprint density at radius 1 is 0.618 bits per heavy atom. The first-order valence-corrected chi connectivity index (χ1v) is 22.3. The number of unbranched alkanes of at least 4 members (excludes halogenated alkanes) is 21. The molecular formula is C45H83NO9. The van der Waals surface area contributed by atoms with Crippen LogP contribution in [0.1, 0.15) is 181 Å². The molecule has 1 aliphatic heterocycles. The maximum Gasteiger partial charge on any atom is 0.249 e. The molecule has 1 fully saturated rings. The highest BCUT2D eigenvalue weighted by atomic mass is 16.7. The first-order chi connectivity index (χ1) is 26.8. The molecule has 0 aromatic rings. The average Bonchev–Trinajstić information content (AvgIpc) is 3.18. The van der Waals surface area contributed by atoms with E-state index in [0.717, 1.165) is 44.9 Å². The van der Waals surface area contributed by atoms with E-state index in [1.807, 2.05) is 6.08 Å². The molecule has 1 heterocycles. The molecule has 0 bridgehead atoms. The smallest absolute Gasteiger partial charge is 0.249 e. The molecule has 55 heavy (non-hydrogen) atoms. The van der Waals surface area contributed by atoms with Crippen molar-refractivity contribution >= 4 is 5.91 Å². The summed E-state index contributed by atoms with van der Waals surface area (Å²) in [5, 5.41) is 64.5. The molecule has 7 N–H and O–H groups in total. The van der Waals surface area contributed by atoms with E-state index >= 15 is 0 Å². The zero-order chi connectivity index (χ0) is 40.4. The predicted molar refractivity (Wildman–Crippen MR) is 222 cm³/mol. The molecule has 0 spiro atoms. The van der Waals surface area contributed by atoms with Crippen LogP contribution < -0.4 is 5.32 Å². The maximum atomic E-state index is 13.0. The Labute approximate surface area is 334 Å². The minimum absolute atomic E-state index is 0.303. The van der Waals surface area contributed by atoms with Crippen molar-refractivity contribution in [2.24, 2.45) is 0 Å². The van der Waals surface area contributed by atoms with Gasteiger partial charge >= 0.3 is 0 Å². The van der Waals surface area contributed by atoms with Crippen molar-refractivity contribution in [1.82, 2.24) is 5.32 Å². The third kappa shape index (κ3) is 26.1. The summed E-state index contributed by atoms with van der Waals surface area (Å²) in [6, 6.07) is -0.999. The third-order valence-electron chi connectivity index (χ3n) is 10.6. The Hall–Kier alpha value is -1.63. The zero-order valence-corrected chi connectivity index (χ0v) is 34.8. The highest BCUT2D eigenvalue weighted by Crippen LogP contribution is 2.22. The lowest BCUT2D eigenvalue weighted by Gasteiger charge is -2.40. The van der Waals surface area contributed by atoms with Crippen molar-refractivity contribution in [2.75, 3.05) is 13.2 Å². The summed E-state index contributed by atoms with van der Waals surface area (Å²) < 4.78 is 11.1. The summed E-state index contributed by atoms with van der Waals surface area (Å²) in [6.07, 6.45) is 32.3. The fraction of sp³-hybridized carbons (Fsp3) is 0.844. The van der Waals surface area contributed by atoms with Crippen LogP contribution in [0.15, 0.2) is 36.5 Å². The van der Waals surface area contributed by atoms with Gasteiger partial charge in [-0.2, -0.15) is 0 Å². The van der Waals surface area contributed by atoms with Gasteiger partial charge in [0, 0.05) is 0 Å². The number of ether oxygens (including phenoxy) is 2. The van der Waals surface area contributed by atoms with Gasteiger partial charge in [-0.3, -0.25) is 4.79 Å². The lowest BCUT2D eigenvalue weighted by Crippen LogP contribution is -2.60. The number of nitrogens with one attached hydrogen (secondary N) is 1. The highest BCUT2D eigenvalue weighted by Gasteiger charge is 2.44. The van der Waals surface area contributed by atoms with Crippen molar-refractivity contribution in [3.8, 4) is 0 Å². The van der Waals surface area contributed by atoms with Crippen LogP contribution in [0.3, 0.4) is 0 Å². The van der Waals surface area contributed by atoms with E-state index < -0.39 is 61.5 Å². The summed E-state index contributed by atoms with van der Waals surface area (Å²) >= 11 is 0. The van der Waals surface area contributed by atoms with Crippen LogP contribution in [-0.2, 0) is 14.3 Å². The summed E-state index contributed by atoms with van der Waals surface area (Å²) in [5.41, 5.74) is 0. The normalized spacial score (nSPS) is 22.2. The number of rotatable bonds is 36. The molecule has 1 rings (SSSR count). The fourth-order valence-corrected chi connectivity index (χ4v) is 6.84. The first-order valence-electron chi connectivity index (χ1n) is 22.3. The van der Waals surface area contributed by atoms with Gasteiger partial charge in [0.2, 0.25) is 5.91 Å². The van der Waals surface area contributed by atoms with Gasteiger partial charge in [-0.05, 0) is 44.9 Å². The molecule has 8 atom stereocenters. The Kier molecular flexibility index (Phi) is 33.2. The number of hydrogen-bond acceptors (Lipinski definition) is 9. The maximum absolute atomic E-state index is 13.0. The van der Waals surface area contributed by atoms with E-state index in [1.54, 1.807) is 6.08 Å². The van der Waals surface area contributed by atoms with Gasteiger partial charge in [-0.1, -0.05) is 172 Å². The number of aliphatic hydroxyl groups is 6. The molecule has 8 unspecified atom stereocenters. The Bertz CT molecular complexity index is 974. The fourth-order valence-electron chi connectivity index (χ4n) is 6.84. The van der Waals surface area contributed by atoms with Crippen molar-refractivity contribution in [3.05, 3.63) is 36.5 Å². The zero-order valence-electron chi connectivity index (χ0n) is 34.8. The van der Waals surface area contributed by atoms with Gasteiger partial charge in [0.25, 0.3) is 0 Å². The molecule has 1 aliphatic rings. The van der Waals surface area contributed by atoms with E-state index in [4.69, 9.17) is 9.47 Å². The molecule has 0 aliphatic carbocycles. The quantitative estimate of drug-likeness (QED) is 0.0247.